The number of piperazine rings is 1. The molecule has 1 amide bonds. The summed E-state index contributed by atoms with van der Waals surface area (Å²) in [5, 5.41) is 3.26. The maximum absolute atomic E-state index is 12.4. The summed E-state index contributed by atoms with van der Waals surface area (Å²) in [5.74, 6) is -0.868. The predicted molar refractivity (Wildman–Crippen MR) is 86.0 cm³/mol. The Morgan fingerprint density at radius 1 is 1.36 bits per heavy atom. The summed E-state index contributed by atoms with van der Waals surface area (Å²) < 4.78 is 25.4. The Bertz CT molecular complexity index is 613. The molecule has 1 saturated heterocycles. The van der Waals surface area contributed by atoms with Crippen molar-refractivity contribution in [1.82, 2.24) is 14.9 Å². The molecule has 1 unspecified atom stereocenters. The molecule has 0 bridgehead atoms. The van der Waals surface area contributed by atoms with Gasteiger partial charge in [-0.1, -0.05) is 31.2 Å². The van der Waals surface area contributed by atoms with Gasteiger partial charge >= 0.3 is 0 Å². The van der Waals surface area contributed by atoms with E-state index in [0.29, 0.717) is 19.6 Å². The SMILES string of the molecule is CCc1ccc(C2CNCCN2C(=O)CS(=O)(=O)NC)cc1. The Kier molecular flexibility index (Phi) is 5.55. The molecule has 1 fully saturated rings. The Labute approximate surface area is 131 Å². The van der Waals surface area contributed by atoms with Gasteiger partial charge in [-0.15, -0.1) is 0 Å². The third-order valence-electron chi connectivity index (χ3n) is 3.96. The molecule has 0 aliphatic carbocycles. The third-order valence-corrected chi connectivity index (χ3v) is 5.21. The number of nitrogens with one attached hydrogen (secondary N) is 2. The Morgan fingerprint density at radius 2 is 2.05 bits per heavy atom. The molecule has 1 aromatic rings. The number of nitrogens with zero attached hydrogens (tertiary/aromatic N) is 1. The van der Waals surface area contributed by atoms with Crippen LogP contribution in [0.3, 0.4) is 0 Å². The summed E-state index contributed by atoms with van der Waals surface area (Å²) in [6.45, 7) is 3.92. The van der Waals surface area contributed by atoms with Gasteiger partial charge in [0.25, 0.3) is 0 Å². The number of hydrogen-bond donors (Lipinski definition) is 2. The van der Waals surface area contributed by atoms with Crippen molar-refractivity contribution in [2.45, 2.75) is 19.4 Å². The lowest BCUT2D eigenvalue weighted by Crippen LogP contribution is -2.50. The minimum absolute atomic E-state index is 0.126. The summed E-state index contributed by atoms with van der Waals surface area (Å²) in [6.07, 6.45) is 0.965. The fourth-order valence-corrected chi connectivity index (χ4v) is 3.23. The molecule has 0 spiro atoms. The van der Waals surface area contributed by atoms with Crippen molar-refractivity contribution in [1.29, 1.82) is 0 Å². The number of aryl methyl sites for hydroxylation is 1. The van der Waals surface area contributed by atoms with Crippen LogP contribution >= 0.6 is 0 Å². The number of rotatable bonds is 5. The van der Waals surface area contributed by atoms with Crippen LogP contribution < -0.4 is 10.0 Å². The zero-order chi connectivity index (χ0) is 16.2. The number of sulfonamides is 1. The highest BCUT2D eigenvalue weighted by molar-refractivity contribution is 7.90. The maximum Gasteiger partial charge on any atom is 0.239 e. The highest BCUT2D eigenvalue weighted by Crippen LogP contribution is 2.23. The van der Waals surface area contributed by atoms with E-state index >= 15 is 0 Å². The van der Waals surface area contributed by atoms with Gasteiger partial charge in [0, 0.05) is 19.6 Å². The van der Waals surface area contributed by atoms with Crippen molar-refractivity contribution in [2.75, 3.05) is 32.4 Å². The zero-order valence-electron chi connectivity index (χ0n) is 13.0. The molecule has 0 radical (unpaired) electrons. The van der Waals surface area contributed by atoms with Crippen molar-refractivity contribution in [3.05, 3.63) is 35.4 Å². The van der Waals surface area contributed by atoms with Gasteiger partial charge in [-0.25, -0.2) is 13.1 Å². The molecule has 2 N–H and O–H groups in total. The normalized spacial score (nSPS) is 19.2. The van der Waals surface area contributed by atoms with Gasteiger partial charge in [0.1, 0.15) is 5.75 Å². The topological polar surface area (TPSA) is 78.5 Å². The quantitative estimate of drug-likeness (QED) is 0.815. The first-order chi connectivity index (χ1) is 10.5. The van der Waals surface area contributed by atoms with Gasteiger partial charge in [-0.3, -0.25) is 4.79 Å². The fourth-order valence-electron chi connectivity index (χ4n) is 2.59. The van der Waals surface area contributed by atoms with Crippen molar-refractivity contribution >= 4 is 15.9 Å². The predicted octanol–water partition coefficient (Wildman–Crippen LogP) is 0.271. The lowest BCUT2D eigenvalue weighted by Gasteiger charge is -2.36. The van der Waals surface area contributed by atoms with E-state index in [0.717, 1.165) is 12.0 Å². The Morgan fingerprint density at radius 3 is 2.64 bits per heavy atom. The van der Waals surface area contributed by atoms with Gasteiger partial charge in [-0.2, -0.15) is 0 Å². The van der Waals surface area contributed by atoms with Crippen LogP contribution in [0, 0.1) is 0 Å². The van der Waals surface area contributed by atoms with Crippen LogP contribution in [0.5, 0.6) is 0 Å². The molecule has 1 aliphatic rings. The first-order valence-electron chi connectivity index (χ1n) is 7.47. The maximum atomic E-state index is 12.4. The average molecular weight is 325 g/mol. The number of benzene rings is 1. The molecule has 122 valence electrons. The Hall–Kier alpha value is -1.44. The first kappa shape index (κ1) is 16.9. The zero-order valence-corrected chi connectivity index (χ0v) is 13.8. The summed E-state index contributed by atoms with van der Waals surface area (Å²) in [6, 6.07) is 8.01. The second kappa shape index (κ2) is 7.21. The van der Waals surface area contributed by atoms with E-state index in [4.69, 9.17) is 0 Å². The molecular weight excluding hydrogens is 302 g/mol. The average Bonchev–Trinajstić information content (AvgIpc) is 2.54. The van der Waals surface area contributed by atoms with E-state index in [-0.39, 0.29) is 11.9 Å². The number of carbonyl (C=O) groups excluding carboxylic acids is 1. The van der Waals surface area contributed by atoms with Crippen LogP contribution in [0.25, 0.3) is 0 Å². The molecular formula is C15H23N3O3S. The van der Waals surface area contributed by atoms with Crippen LogP contribution in [0.15, 0.2) is 24.3 Å². The van der Waals surface area contributed by atoms with Gasteiger partial charge in [0.15, 0.2) is 0 Å². The van der Waals surface area contributed by atoms with Crippen LogP contribution in [0.1, 0.15) is 24.1 Å². The first-order valence-corrected chi connectivity index (χ1v) is 9.12. The molecule has 0 saturated carbocycles. The molecule has 6 nitrogen and oxygen atoms in total. The van der Waals surface area contributed by atoms with E-state index in [1.807, 2.05) is 12.1 Å². The summed E-state index contributed by atoms with van der Waals surface area (Å²) in [5.41, 5.74) is 2.27. The minimum atomic E-state index is -3.55. The molecule has 2 rings (SSSR count). The molecule has 1 heterocycles. The number of amides is 1. The minimum Gasteiger partial charge on any atom is -0.332 e. The van der Waals surface area contributed by atoms with Gasteiger partial charge in [0.05, 0.1) is 6.04 Å². The highest BCUT2D eigenvalue weighted by atomic mass is 32.2. The van der Waals surface area contributed by atoms with Gasteiger partial charge in [0.2, 0.25) is 15.9 Å². The largest absolute Gasteiger partial charge is 0.332 e. The highest BCUT2D eigenvalue weighted by Gasteiger charge is 2.30. The van der Waals surface area contributed by atoms with Crippen molar-refractivity contribution in [2.24, 2.45) is 0 Å². The van der Waals surface area contributed by atoms with E-state index in [9.17, 15) is 13.2 Å². The second-order valence-corrected chi connectivity index (χ2v) is 7.29. The molecule has 1 aliphatic heterocycles. The van der Waals surface area contributed by atoms with Crippen molar-refractivity contribution in [3.63, 3.8) is 0 Å². The van der Waals surface area contributed by atoms with Gasteiger partial charge in [-0.05, 0) is 24.6 Å². The molecule has 1 aromatic carbocycles. The summed E-state index contributed by atoms with van der Waals surface area (Å²) >= 11 is 0. The lowest BCUT2D eigenvalue weighted by atomic mass is 10.0. The third kappa shape index (κ3) is 4.06. The molecule has 7 heteroatoms. The van der Waals surface area contributed by atoms with E-state index in [1.165, 1.54) is 12.6 Å². The second-order valence-electron chi connectivity index (χ2n) is 5.37. The van der Waals surface area contributed by atoms with E-state index in [2.05, 4.69) is 29.1 Å². The standard InChI is InChI=1S/C15H23N3O3S/c1-3-12-4-6-13(7-5-12)14-10-17-8-9-18(14)15(19)11-22(20,21)16-2/h4-7,14,16-17H,3,8-11H2,1-2H3. The van der Waals surface area contributed by atoms with Crippen molar-refractivity contribution in [3.8, 4) is 0 Å². The monoisotopic (exact) mass is 325 g/mol. The summed E-state index contributed by atoms with van der Waals surface area (Å²) in [7, 11) is -2.23. The van der Waals surface area contributed by atoms with Crippen LogP contribution in [0.2, 0.25) is 0 Å². The van der Waals surface area contributed by atoms with Gasteiger partial charge < -0.3 is 10.2 Å². The fraction of sp³-hybridized carbons (Fsp3) is 0.533. The molecule has 22 heavy (non-hydrogen) atoms. The smallest absolute Gasteiger partial charge is 0.239 e. The van der Waals surface area contributed by atoms with Crippen molar-refractivity contribution < 1.29 is 13.2 Å². The summed E-state index contributed by atoms with van der Waals surface area (Å²) in [4.78, 5) is 14.0. The molecule has 0 aromatic heterocycles. The van der Waals surface area contributed by atoms with Crippen LogP contribution in [0.4, 0.5) is 0 Å². The molecule has 1 atom stereocenters. The number of hydrogen-bond acceptors (Lipinski definition) is 4. The Balaban J connectivity index is 2.18. The number of carbonyl (C=O) groups is 1. The van der Waals surface area contributed by atoms with Crippen LogP contribution in [-0.2, 0) is 21.2 Å². The van der Waals surface area contributed by atoms with E-state index < -0.39 is 15.8 Å². The lowest BCUT2D eigenvalue weighted by molar-refractivity contribution is -0.131. The van der Waals surface area contributed by atoms with E-state index in [1.54, 1.807) is 4.90 Å². The van der Waals surface area contributed by atoms with Crippen LogP contribution in [-0.4, -0.2) is 51.7 Å².